The van der Waals surface area contributed by atoms with Gasteiger partial charge in [-0.05, 0) is 36.8 Å². The van der Waals surface area contributed by atoms with Crippen LogP contribution in [-0.2, 0) is 4.74 Å². The van der Waals surface area contributed by atoms with Crippen LogP contribution in [-0.4, -0.2) is 37.3 Å². The number of nitrogens with zero attached hydrogens (tertiary/aromatic N) is 1. The number of nitrogens with one attached hydrogen (secondary N) is 1. The van der Waals surface area contributed by atoms with Crippen molar-refractivity contribution in [2.75, 3.05) is 25.6 Å². The minimum atomic E-state index is -0.210. The van der Waals surface area contributed by atoms with Crippen molar-refractivity contribution in [3.05, 3.63) is 47.7 Å². The summed E-state index contributed by atoms with van der Waals surface area (Å²) in [7, 11) is 1.61. The van der Waals surface area contributed by atoms with Gasteiger partial charge in [-0.2, -0.15) is 0 Å². The highest BCUT2D eigenvalue weighted by molar-refractivity contribution is 6.04. The van der Waals surface area contributed by atoms with Crippen LogP contribution in [0.25, 0.3) is 0 Å². The molecule has 0 saturated carbocycles. The molecule has 0 spiro atoms. The van der Waals surface area contributed by atoms with Gasteiger partial charge in [-0.3, -0.25) is 4.79 Å². The molecular formula is C19H22N2O4. The largest absolute Gasteiger partial charge is 0.497 e. The summed E-state index contributed by atoms with van der Waals surface area (Å²) in [5, 5.41) is 2.89. The summed E-state index contributed by atoms with van der Waals surface area (Å²) in [6, 6.07) is 8.95. The lowest BCUT2D eigenvalue weighted by atomic mass is 10.1. The lowest BCUT2D eigenvalue weighted by Gasteiger charge is -2.22. The van der Waals surface area contributed by atoms with Crippen LogP contribution in [0.2, 0.25) is 0 Å². The molecule has 2 heterocycles. The summed E-state index contributed by atoms with van der Waals surface area (Å²) in [6.45, 7) is 3.35. The third-order valence-corrected chi connectivity index (χ3v) is 4.14. The SMILES string of the molecule is COc1ccc(NC(=O)c2ccc(OC3CCOCC3)nc2)c(C)c1. The highest BCUT2D eigenvalue weighted by Crippen LogP contribution is 2.22. The Morgan fingerprint density at radius 3 is 2.68 bits per heavy atom. The zero-order valence-electron chi connectivity index (χ0n) is 14.5. The van der Waals surface area contributed by atoms with Crippen LogP contribution >= 0.6 is 0 Å². The molecule has 1 amide bonds. The Kier molecular flexibility index (Phi) is 5.50. The summed E-state index contributed by atoms with van der Waals surface area (Å²) in [5.41, 5.74) is 2.16. The fourth-order valence-corrected chi connectivity index (χ4v) is 2.65. The number of carbonyl (C=O) groups excluding carboxylic acids is 1. The molecule has 6 nitrogen and oxygen atoms in total. The molecular weight excluding hydrogens is 320 g/mol. The molecule has 0 bridgehead atoms. The van der Waals surface area contributed by atoms with Crippen molar-refractivity contribution in [1.82, 2.24) is 4.98 Å². The Hall–Kier alpha value is -2.60. The van der Waals surface area contributed by atoms with Gasteiger partial charge in [0.25, 0.3) is 5.91 Å². The summed E-state index contributed by atoms with van der Waals surface area (Å²) < 4.78 is 16.3. The van der Waals surface area contributed by atoms with E-state index in [0.29, 0.717) is 24.7 Å². The lowest BCUT2D eigenvalue weighted by molar-refractivity contribution is 0.0237. The minimum Gasteiger partial charge on any atom is -0.497 e. The van der Waals surface area contributed by atoms with Gasteiger partial charge in [0.05, 0.1) is 25.9 Å². The van der Waals surface area contributed by atoms with Gasteiger partial charge >= 0.3 is 0 Å². The van der Waals surface area contributed by atoms with Crippen molar-refractivity contribution in [2.24, 2.45) is 0 Å². The van der Waals surface area contributed by atoms with E-state index in [-0.39, 0.29) is 12.0 Å². The number of hydrogen-bond donors (Lipinski definition) is 1. The highest BCUT2D eigenvalue weighted by atomic mass is 16.5. The molecule has 1 aromatic heterocycles. The van der Waals surface area contributed by atoms with Crippen LogP contribution in [0.5, 0.6) is 11.6 Å². The van der Waals surface area contributed by atoms with E-state index in [9.17, 15) is 4.79 Å². The molecule has 0 radical (unpaired) electrons. The zero-order valence-corrected chi connectivity index (χ0v) is 14.5. The van der Waals surface area contributed by atoms with Crippen molar-refractivity contribution >= 4 is 11.6 Å². The number of amides is 1. The van der Waals surface area contributed by atoms with Gasteiger partial charge in [-0.25, -0.2) is 4.98 Å². The van der Waals surface area contributed by atoms with Gasteiger partial charge < -0.3 is 19.5 Å². The van der Waals surface area contributed by atoms with Gasteiger partial charge in [0.1, 0.15) is 11.9 Å². The van der Waals surface area contributed by atoms with Crippen LogP contribution in [0.4, 0.5) is 5.69 Å². The van der Waals surface area contributed by atoms with Gasteiger partial charge in [0.2, 0.25) is 5.88 Å². The van der Waals surface area contributed by atoms with Crippen LogP contribution in [0, 0.1) is 6.92 Å². The molecule has 0 atom stereocenters. The van der Waals surface area contributed by atoms with Gasteiger partial charge in [0.15, 0.2) is 0 Å². The van der Waals surface area contributed by atoms with Crippen LogP contribution in [0.1, 0.15) is 28.8 Å². The number of pyridine rings is 1. The molecule has 0 aliphatic carbocycles. The van der Waals surface area contributed by atoms with Crippen LogP contribution < -0.4 is 14.8 Å². The normalized spacial score (nSPS) is 14.8. The predicted molar refractivity (Wildman–Crippen MR) is 94.4 cm³/mol. The average molecular weight is 342 g/mol. The number of carbonyl (C=O) groups is 1. The van der Waals surface area contributed by atoms with E-state index in [1.165, 1.54) is 6.20 Å². The van der Waals surface area contributed by atoms with E-state index in [4.69, 9.17) is 14.2 Å². The molecule has 1 fully saturated rings. The number of rotatable bonds is 5. The smallest absolute Gasteiger partial charge is 0.257 e. The maximum Gasteiger partial charge on any atom is 0.257 e. The second-order valence-corrected chi connectivity index (χ2v) is 5.95. The zero-order chi connectivity index (χ0) is 17.6. The second kappa shape index (κ2) is 7.98. The van der Waals surface area contributed by atoms with Crippen molar-refractivity contribution < 1.29 is 19.0 Å². The molecule has 1 N–H and O–H groups in total. The molecule has 1 aliphatic rings. The number of ether oxygens (including phenoxy) is 3. The Labute approximate surface area is 147 Å². The third-order valence-electron chi connectivity index (χ3n) is 4.14. The van der Waals surface area contributed by atoms with E-state index in [2.05, 4.69) is 10.3 Å². The molecule has 1 aromatic carbocycles. The fraction of sp³-hybridized carbons (Fsp3) is 0.368. The summed E-state index contributed by atoms with van der Waals surface area (Å²) >= 11 is 0. The first-order chi connectivity index (χ1) is 12.2. The van der Waals surface area contributed by atoms with Gasteiger partial charge in [0, 0.05) is 30.8 Å². The number of methoxy groups -OCH3 is 1. The Morgan fingerprint density at radius 2 is 2.04 bits per heavy atom. The maximum atomic E-state index is 12.4. The van der Waals surface area contributed by atoms with E-state index in [0.717, 1.165) is 29.8 Å². The minimum absolute atomic E-state index is 0.128. The number of hydrogen-bond acceptors (Lipinski definition) is 5. The standard InChI is InChI=1S/C19H22N2O4/c1-13-11-16(23-2)4-5-17(13)21-19(22)14-3-6-18(20-12-14)25-15-7-9-24-10-8-15/h3-6,11-12,15H,7-10H2,1-2H3,(H,21,22). The fourth-order valence-electron chi connectivity index (χ4n) is 2.65. The second-order valence-electron chi connectivity index (χ2n) is 5.95. The molecule has 2 aromatic rings. The molecule has 0 unspecified atom stereocenters. The first-order valence-electron chi connectivity index (χ1n) is 8.32. The molecule has 3 rings (SSSR count). The topological polar surface area (TPSA) is 69.7 Å². The van der Waals surface area contributed by atoms with E-state index in [1.807, 2.05) is 25.1 Å². The average Bonchev–Trinajstić information content (AvgIpc) is 2.64. The Morgan fingerprint density at radius 1 is 1.24 bits per heavy atom. The predicted octanol–water partition coefficient (Wildman–Crippen LogP) is 3.21. The first-order valence-corrected chi connectivity index (χ1v) is 8.32. The molecule has 25 heavy (non-hydrogen) atoms. The lowest BCUT2D eigenvalue weighted by Crippen LogP contribution is -2.26. The van der Waals surface area contributed by atoms with Crippen molar-refractivity contribution in [2.45, 2.75) is 25.9 Å². The molecule has 1 aliphatic heterocycles. The third kappa shape index (κ3) is 4.48. The number of aromatic nitrogens is 1. The monoisotopic (exact) mass is 342 g/mol. The first kappa shape index (κ1) is 17.2. The number of aryl methyl sites for hydroxylation is 1. The van der Waals surface area contributed by atoms with Gasteiger partial charge in [-0.1, -0.05) is 0 Å². The molecule has 6 heteroatoms. The van der Waals surface area contributed by atoms with E-state index in [1.54, 1.807) is 19.2 Å². The van der Waals surface area contributed by atoms with Gasteiger partial charge in [-0.15, -0.1) is 0 Å². The Balaban J connectivity index is 1.62. The quantitative estimate of drug-likeness (QED) is 0.903. The van der Waals surface area contributed by atoms with Crippen molar-refractivity contribution in [1.29, 1.82) is 0 Å². The molecule has 1 saturated heterocycles. The highest BCUT2D eigenvalue weighted by Gasteiger charge is 2.16. The summed E-state index contributed by atoms with van der Waals surface area (Å²) in [6.07, 6.45) is 3.38. The van der Waals surface area contributed by atoms with Crippen molar-refractivity contribution in [3.8, 4) is 11.6 Å². The van der Waals surface area contributed by atoms with Crippen LogP contribution in [0.3, 0.4) is 0 Å². The van der Waals surface area contributed by atoms with Crippen molar-refractivity contribution in [3.63, 3.8) is 0 Å². The van der Waals surface area contributed by atoms with E-state index < -0.39 is 0 Å². The molecule has 132 valence electrons. The Bertz CT molecular complexity index is 725. The summed E-state index contributed by atoms with van der Waals surface area (Å²) in [5.74, 6) is 1.08. The summed E-state index contributed by atoms with van der Waals surface area (Å²) in [4.78, 5) is 16.6. The number of anilines is 1. The van der Waals surface area contributed by atoms with E-state index >= 15 is 0 Å². The maximum absolute atomic E-state index is 12.4. The van der Waals surface area contributed by atoms with Crippen LogP contribution in [0.15, 0.2) is 36.5 Å². The number of benzene rings is 1.